The van der Waals surface area contributed by atoms with Crippen molar-refractivity contribution in [1.29, 1.82) is 0 Å². The number of allylic oxidation sites excluding steroid dienone is 2. The second-order valence-electron chi connectivity index (χ2n) is 9.59. The number of nitrogens with one attached hydrogen (secondary N) is 2. The van der Waals surface area contributed by atoms with Crippen molar-refractivity contribution in [2.45, 2.75) is 57.9 Å². The number of rotatable bonds is 9. The van der Waals surface area contributed by atoms with E-state index < -0.39 is 11.5 Å². The zero-order chi connectivity index (χ0) is 25.5. The van der Waals surface area contributed by atoms with Crippen LogP contribution >= 0.6 is 0 Å². The molecule has 0 aliphatic carbocycles. The first-order valence-corrected chi connectivity index (χ1v) is 12.4. The highest BCUT2D eigenvalue weighted by molar-refractivity contribution is 5.86. The lowest BCUT2D eigenvalue weighted by molar-refractivity contribution is -0.151. The van der Waals surface area contributed by atoms with Gasteiger partial charge in [0.25, 0.3) is 0 Å². The van der Waals surface area contributed by atoms with E-state index in [0.29, 0.717) is 26.0 Å². The number of aliphatic hydroxyl groups is 1. The molecule has 194 valence electrons. The van der Waals surface area contributed by atoms with E-state index in [0.717, 1.165) is 24.8 Å². The van der Waals surface area contributed by atoms with E-state index in [9.17, 15) is 14.4 Å². The Balaban J connectivity index is 2.00. The molecule has 1 aromatic rings. The van der Waals surface area contributed by atoms with Crippen LogP contribution in [0.2, 0.25) is 0 Å². The first kappa shape index (κ1) is 28.5. The monoisotopic (exact) mass is 488 g/mol. The van der Waals surface area contributed by atoms with Crippen LogP contribution in [0.15, 0.2) is 42.5 Å². The van der Waals surface area contributed by atoms with Crippen molar-refractivity contribution in [2.75, 3.05) is 33.0 Å². The van der Waals surface area contributed by atoms with Crippen LogP contribution in [-0.4, -0.2) is 61.4 Å². The molecule has 8 heteroatoms. The Morgan fingerprint density at radius 2 is 1.94 bits per heavy atom. The second kappa shape index (κ2) is 15.3. The molecule has 35 heavy (non-hydrogen) atoms. The minimum atomic E-state index is -0.773. The molecule has 1 aromatic carbocycles. The molecular formula is C27H40N2O6. The molecule has 8 nitrogen and oxygen atoms in total. The molecule has 0 radical (unpaired) electrons. The van der Waals surface area contributed by atoms with Crippen LogP contribution in [0.1, 0.15) is 51.5 Å². The van der Waals surface area contributed by atoms with Crippen molar-refractivity contribution in [3.63, 3.8) is 0 Å². The molecule has 0 bridgehead atoms. The maximum Gasteiger partial charge on any atom is 0.309 e. The number of hydrogen-bond acceptors (Lipinski definition) is 6. The van der Waals surface area contributed by atoms with Crippen LogP contribution in [0, 0.1) is 11.8 Å². The number of esters is 1. The zero-order valence-electron chi connectivity index (χ0n) is 21.0. The topological polar surface area (TPSA) is 114 Å². The van der Waals surface area contributed by atoms with E-state index in [2.05, 4.69) is 10.6 Å². The number of amides is 2. The fourth-order valence-corrected chi connectivity index (χ4v) is 3.91. The number of cyclic esters (lactones) is 1. The third kappa shape index (κ3) is 11.5. The van der Waals surface area contributed by atoms with Gasteiger partial charge in [0.15, 0.2) is 0 Å². The van der Waals surface area contributed by atoms with Gasteiger partial charge in [0.2, 0.25) is 11.8 Å². The summed E-state index contributed by atoms with van der Waals surface area (Å²) in [6.45, 7) is 4.43. The molecule has 0 aromatic heterocycles. The van der Waals surface area contributed by atoms with Crippen molar-refractivity contribution in [3.05, 3.63) is 48.0 Å². The lowest BCUT2D eigenvalue weighted by Gasteiger charge is -2.29. The molecule has 0 spiro atoms. The van der Waals surface area contributed by atoms with Gasteiger partial charge in [-0.25, -0.2) is 0 Å². The fraction of sp³-hybridized carbons (Fsp3) is 0.593. The molecule has 1 heterocycles. The summed E-state index contributed by atoms with van der Waals surface area (Å²) in [4.78, 5) is 38.3. The van der Waals surface area contributed by atoms with Crippen LogP contribution in [0.25, 0.3) is 0 Å². The van der Waals surface area contributed by atoms with Gasteiger partial charge in [0, 0.05) is 13.0 Å². The van der Waals surface area contributed by atoms with Crippen molar-refractivity contribution in [1.82, 2.24) is 10.6 Å². The average Bonchev–Trinajstić information content (AvgIpc) is 2.82. The molecule has 0 saturated heterocycles. The summed E-state index contributed by atoms with van der Waals surface area (Å²) < 4.78 is 10.8. The third-order valence-corrected chi connectivity index (χ3v) is 5.81. The second-order valence-corrected chi connectivity index (χ2v) is 9.59. The lowest BCUT2D eigenvalue weighted by Crippen LogP contribution is -2.50. The van der Waals surface area contributed by atoms with Crippen molar-refractivity contribution >= 4 is 17.8 Å². The Kier molecular flexibility index (Phi) is 12.5. The Hall–Kier alpha value is -2.71. The number of aliphatic hydroxyl groups excluding tert-OH is 1. The summed E-state index contributed by atoms with van der Waals surface area (Å²) in [6.07, 6.45) is 7.42. The van der Waals surface area contributed by atoms with Crippen molar-refractivity contribution < 1.29 is 29.0 Å². The van der Waals surface area contributed by atoms with Crippen molar-refractivity contribution in [3.8, 4) is 0 Å². The molecular weight excluding hydrogens is 448 g/mol. The van der Waals surface area contributed by atoms with Crippen molar-refractivity contribution in [2.24, 2.45) is 11.8 Å². The third-order valence-electron chi connectivity index (χ3n) is 5.81. The maximum atomic E-state index is 13.0. The van der Waals surface area contributed by atoms with Gasteiger partial charge in [-0.3, -0.25) is 14.4 Å². The van der Waals surface area contributed by atoms with E-state index in [-0.39, 0.29) is 49.9 Å². The Morgan fingerprint density at radius 3 is 2.69 bits per heavy atom. The number of benzene rings is 1. The van der Waals surface area contributed by atoms with Crippen LogP contribution in [0.4, 0.5) is 0 Å². The summed E-state index contributed by atoms with van der Waals surface area (Å²) in [6, 6.07) is 9.91. The number of ether oxygens (including phenoxy) is 2. The lowest BCUT2D eigenvalue weighted by atomic mass is 9.93. The van der Waals surface area contributed by atoms with E-state index in [1.165, 1.54) is 0 Å². The minimum Gasteiger partial charge on any atom is -0.463 e. The van der Waals surface area contributed by atoms with E-state index in [4.69, 9.17) is 14.6 Å². The van der Waals surface area contributed by atoms with Gasteiger partial charge < -0.3 is 25.2 Å². The van der Waals surface area contributed by atoms with E-state index in [1.807, 2.05) is 56.3 Å². The van der Waals surface area contributed by atoms with Crippen LogP contribution < -0.4 is 10.6 Å². The predicted octanol–water partition coefficient (Wildman–Crippen LogP) is 2.54. The van der Waals surface area contributed by atoms with Crippen LogP contribution in [0.3, 0.4) is 0 Å². The molecule has 0 unspecified atom stereocenters. The Morgan fingerprint density at radius 1 is 1.17 bits per heavy atom. The zero-order valence-corrected chi connectivity index (χ0v) is 21.0. The molecule has 2 amide bonds. The van der Waals surface area contributed by atoms with Gasteiger partial charge in [-0.15, -0.1) is 0 Å². The average molecular weight is 489 g/mol. The SMILES string of the molecule is CC1(C)COC(=O)[C@@H](Cc2ccccc2)CCCC=CC[C@H](CC(=O)NCCOCCO)C(=O)N1. The Labute approximate surface area is 208 Å². The standard InChI is InChI=1S/C27H40N2O6/c1-27(2)20-35-26(33)23(18-21-10-6-5-7-11-21)13-9-4-3-8-12-22(25(32)29-27)19-24(31)28-14-16-34-17-15-30/h3,5-8,10-11,22-23,30H,4,9,12-20H2,1-2H3,(H,28,31)(H,29,32)/t22-,23-/m1/s1. The highest BCUT2D eigenvalue weighted by Crippen LogP contribution is 2.20. The first-order valence-electron chi connectivity index (χ1n) is 12.4. The predicted molar refractivity (Wildman–Crippen MR) is 133 cm³/mol. The molecule has 2 rings (SSSR count). The van der Waals surface area contributed by atoms with Gasteiger partial charge in [-0.2, -0.15) is 0 Å². The van der Waals surface area contributed by atoms with Crippen LogP contribution in [0.5, 0.6) is 0 Å². The summed E-state index contributed by atoms with van der Waals surface area (Å²) in [7, 11) is 0. The number of carbonyl (C=O) groups excluding carboxylic acids is 3. The minimum absolute atomic E-state index is 0.0468. The highest BCUT2D eigenvalue weighted by Gasteiger charge is 2.30. The van der Waals surface area contributed by atoms with Gasteiger partial charge in [-0.05, 0) is 51.5 Å². The summed E-state index contributed by atoms with van der Waals surface area (Å²) >= 11 is 0. The molecule has 1 aliphatic heterocycles. The Bertz CT molecular complexity index is 824. The summed E-state index contributed by atoms with van der Waals surface area (Å²) in [5.41, 5.74) is 0.324. The normalized spacial score (nSPS) is 21.5. The molecule has 0 saturated carbocycles. The number of hydrogen-bond donors (Lipinski definition) is 3. The van der Waals surface area contributed by atoms with E-state index >= 15 is 0 Å². The smallest absolute Gasteiger partial charge is 0.309 e. The van der Waals surface area contributed by atoms with Gasteiger partial charge in [0.05, 0.1) is 37.2 Å². The van der Waals surface area contributed by atoms with Gasteiger partial charge in [0.1, 0.15) is 6.61 Å². The summed E-state index contributed by atoms with van der Waals surface area (Å²) in [5.74, 6) is -1.51. The highest BCUT2D eigenvalue weighted by atomic mass is 16.5. The van der Waals surface area contributed by atoms with E-state index in [1.54, 1.807) is 0 Å². The maximum absolute atomic E-state index is 13.0. The first-order chi connectivity index (χ1) is 16.8. The molecule has 0 fully saturated rings. The van der Waals surface area contributed by atoms with Gasteiger partial charge in [-0.1, -0.05) is 42.5 Å². The summed E-state index contributed by atoms with van der Waals surface area (Å²) in [5, 5.41) is 14.4. The molecule has 3 N–H and O–H groups in total. The quantitative estimate of drug-likeness (QED) is 0.280. The molecule has 1 aliphatic rings. The fourth-order valence-electron chi connectivity index (χ4n) is 3.91. The van der Waals surface area contributed by atoms with Gasteiger partial charge >= 0.3 is 5.97 Å². The number of carbonyl (C=O) groups is 3. The molecule has 2 atom stereocenters. The largest absolute Gasteiger partial charge is 0.463 e. The van der Waals surface area contributed by atoms with Crippen LogP contribution in [-0.2, 0) is 30.3 Å².